The van der Waals surface area contributed by atoms with E-state index >= 15 is 0 Å². The predicted molar refractivity (Wildman–Crippen MR) is 242 cm³/mol. The van der Waals surface area contributed by atoms with Gasteiger partial charge in [-0.05, 0) is 32.2 Å². The minimum Gasteiger partial charge on any atom is -0.391 e. The second-order valence-corrected chi connectivity index (χ2v) is 16.6. The van der Waals surface area contributed by atoms with Crippen molar-refractivity contribution in [1.82, 2.24) is 54.7 Å². The van der Waals surface area contributed by atoms with Crippen molar-refractivity contribution in [1.29, 1.82) is 0 Å². The molecule has 0 saturated carbocycles. The molecule has 10 N–H and O–H groups in total. The Morgan fingerprint density at radius 3 is 1.92 bits per heavy atom. The van der Waals surface area contributed by atoms with Crippen molar-refractivity contribution in [3.8, 4) is 12.3 Å². The van der Waals surface area contributed by atoms with E-state index in [0.717, 1.165) is 12.8 Å². The van der Waals surface area contributed by atoms with Crippen LogP contribution in [0, 0.1) is 18.3 Å². The molecule has 3 aromatic heterocycles. The molecule has 0 spiro atoms. The molecule has 0 aromatic carbocycles. The number of amides is 3. The van der Waals surface area contributed by atoms with Crippen LogP contribution in [0.3, 0.4) is 0 Å². The number of aromatic nitrogens is 9. The summed E-state index contributed by atoms with van der Waals surface area (Å²) in [6.45, 7) is 11.3. The Kier molecular flexibility index (Phi) is 20.2. The minimum atomic E-state index is -1.05. The maximum atomic E-state index is 13.9. The zero-order chi connectivity index (χ0) is 47.6. The van der Waals surface area contributed by atoms with E-state index in [9.17, 15) is 19.5 Å². The zero-order valence-electron chi connectivity index (χ0n) is 38.4. The lowest BCUT2D eigenvalue weighted by molar-refractivity contribution is -0.138. The summed E-state index contributed by atoms with van der Waals surface area (Å²) >= 11 is 0. The molecule has 5 rings (SSSR count). The number of ether oxygens (including phenoxy) is 3. The summed E-state index contributed by atoms with van der Waals surface area (Å²) in [6, 6.07) is -2.74. The summed E-state index contributed by atoms with van der Waals surface area (Å²) in [5.74, 6) is 2.33. The number of nitrogens with one attached hydrogen (secondary N) is 1. The summed E-state index contributed by atoms with van der Waals surface area (Å²) in [5.41, 5.74) is 24.9. The lowest BCUT2D eigenvalue weighted by atomic mass is 10.0. The molecule has 3 aromatic rings. The van der Waals surface area contributed by atoms with Crippen LogP contribution in [0.1, 0.15) is 82.0 Å². The first kappa shape index (κ1) is 51.4. The Balaban J connectivity index is 1.25. The predicted octanol–water partition coefficient (Wildman–Crippen LogP) is -2.03. The van der Waals surface area contributed by atoms with Gasteiger partial charge in [-0.1, -0.05) is 36.6 Å². The Labute approximate surface area is 385 Å². The monoisotopic (exact) mass is 925 g/mol. The summed E-state index contributed by atoms with van der Waals surface area (Å²) in [6.07, 6.45) is 9.45. The molecule has 5 atom stereocenters. The van der Waals surface area contributed by atoms with Crippen LogP contribution in [0.4, 0.5) is 17.8 Å². The SMILES string of the molecule is C#CCOCCOCCOCCNc1nc(N2CCN(C(=O)C([C@@H](C)O)n3cc([C@@H](N)CCCCN)nn3)CC2)nc(N2CCN(C(=O)[C@H](CC(N)=O)n3cc([C@@H](N)C(C)C)nn3)CC2)n1. The number of carbonyl (C=O) groups excluding carboxylic acids is 3. The van der Waals surface area contributed by atoms with Crippen LogP contribution in [0.15, 0.2) is 12.4 Å². The van der Waals surface area contributed by atoms with E-state index in [1.807, 2.05) is 23.6 Å². The highest BCUT2D eigenvalue weighted by atomic mass is 16.5. The maximum Gasteiger partial charge on any atom is 0.250 e. The van der Waals surface area contributed by atoms with Crippen LogP contribution in [-0.2, 0) is 28.6 Å². The Morgan fingerprint density at radius 1 is 0.788 bits per heavy atom. The molecule has 1 unspecified atom stereocenters. The van der Waals surface area contributed by atoms with Gasteiger partial charge in [0, 0.05) is 58.9 Å². The third-order valence-electron chi connectivity index (χ3n) is 11.3. The summed E-state index contributed by atoms with van der Waals surface area (Å²) in [7, 11) is 0. The minimum absolute atomic E-state index is 0.0834. The van der Waals surface area contributed by atoms with Gasteiger partial charge < -0.3 is 67.2 Å². The number of nitrogens with two attached hydrogens (primary N) is 4. The van der Waals surface area contributed by atoms with Crippen LogP contribution >= 0.6 is 0 Å². The molecular formula is C41H68N18O7. The highest BCUT2D eigenvalue weighted by molar-refractivity contribution is 5.86. The fraction of sp³-hybridized carbons (Fsp3) is 0.707. The largest absolute Gasteiger partial charge is 0.391 e. The van der Waals surface area contributed by atoms with Crippen molar-refractivity contribution >= 4 is 35.6 Å². The molecule has 5 heterocycles. The van der Waals surface area contributed by atoms with Crippen molar-refractivity contribution in [2.24, 2.45) is 28.9 Å². The molecule has 0 radical (unpaired) electrons. The molecule has 0 aliphatic carbocycles. The first-order valence-electron chi connectivity index (χ1n) is 22.6. The Hall–Kier alpha value is -5.62. The molecule has 66 heavy (non-hydrogen) atoms. The third-order valence-corrected chi connectivity index (χ3v) is 11.3. The molecule has 3 amide bonds. The van der Waals surface area contributed by atoms with Gasteiger partial charge in [-0.2, -0.15) is 15.0 Å². The number of aliphatic hydroxyl groups excluding tert-OH is 1. The summed E-state index contributed by atoms with van der Waals surface area (Å²) in [5, 5.41) is 30.7. The van der Waals surface area contributed by atoms with Crippen molar-refractivity contribution in [2.75, 3.05) is 120 Å². The second-order valence-electron chi connectivity index (χ2n) is 16.6. The van der Waals surface area contributed by atoms with Gasteiger partial charge in [0.2, 0.25) is 35.6 Å². The van der Waals surface area contributed by atoms with Gasteiger partial charge >= 0.3 is 0 Å². The van der Waals surface area contributed by atoms with E-state index in [1.165, 1.54) is 9.36 Å². The first-order valence-corrected chi connectivity index (χ1v) is 22.6. The quantitative estimate of drug-likeness (QED) is 0.0355. The fourth-order valence-corrected chi connectivity index (χ4v) is 7.39. The molecule has 2 aliphatic heterocycles. The van der Waals surface area contributed by atoms with Gasteiger partial charge in [0.15, 0.2) is 6.04 Å². The highest BCUT2D eigenvalue weighted by Crippen LogP contribution is 2.25. The molecular weight excluding hydrogens is 857 g/mol. The van der Waals surface area contributed by atoms with Gasteiger partial charge in [0.05, 0.1) is 81.4 Å². The van der Waals surface area contributed by atoms with E-state index in [4.69, 9.17) is 58.5 Å². The van der Waals surface area contributed by atoms with E-state index < -0.39 is 30.1 Å². The molecule has 2 fully saturated rings. The highest BCUT2D eigenvalue weighted by Gasteiger charge is 2.35. The van der Waals surface area contributed by atoms with Crippen LogP contribution < -0.4 is 38.1 Å². The van der Waals surface area contributed by atoms with Crippen LogP contribution in [0.2, 0.25) is 0 Å². The summed E-state index contributed by atoms with van der Waals surface area (Å²) in [4.78, 5) is 61.6. The van der Waals surface area contributed by atoms with Crippen molar-refractivity contribution in [3.63, 3.8) is 0 Å². The maximum absolute atomic E-state index is 13.9. The Morgan fingerprint density at radius 2 is 1.35 bits per heavy atom. The number of primary amides is 1. The van der Waals surface area contributed by atoms with Crippen molar-refractivity contribution in [3.05, 3.63) is 23.8 Å². The molecule has 2 aliphatic rings. The third kappa shape index (κ3) is 14.7. The van der Waals surface area contributed by atoms with E-state index in [1.54, 1.807) is 29.1 Å². The second kappa shape index (κ2) is 25.9. The number of unbranched alkanes of at least 4 members (excludes halogenated alkanes) is 1. The standard InChI is InChI=1S/C41H68N18O7/c1-5-19-64-21-23-66-24-22-65-20-10-46-39-47-40(56-15-11-54(12-16-56)37(62)33(25-34(44)61)58-27-32(51-52-58)35(45)28(2)3)49-41(48-39)57-17-13-55(14-18-57)38(63)36(29(4)60)59-26-31(50-53-59)30(43)8-6-7-9-42/h1,26-30,33,35-36,60H,6-25,42-43,45H2,2-4H3,(H2,44,61)(H,46,47,48,49)/t29-,30+,33+,35+,36?/m1/s1. The van der Waals surface area contributed by atoms with Crippen molar-refractivity contribution < 1.29 is 33.7 Å². The van der Waals surface area contributed by atoms with Gasteiger partial charge in [-0.25, -0.2) is 9.36 Å². The average molecular weight is 925 g/mol. The zero-order valence-corrected chi connectivity index (χ0v) is 38.4. The average Bonchev–Trinajstić information content (AvgIpc) is 4.01. The van der Waals surface area contributed by atoms with Crippen LogP contribution in [0.25, 0.3) is 0 Å². The van der Waals surface area contributed by atoms with Crippen LogP contribution in [-0.4, -0.2) is 189 Å². The van der Waals surface area contributed by atoms with Gasteiger partial charge in [-0.15, -0.1) is 16.6 Å². The van der Waals surface area contributed by atoms with Gasteiger partial charge in [0.1, 0.15) is 12.6 Å². The topological polar surface area (TPSA) is 328 Å². The number of hydrogen-bond acceptors (Lipinski definition) is 20. The summed E-state index contributed by atoms with van der Waals surface area (Å²) < 4.78 is 19.2. The number of nitrogens with zero attached hydrogens (tertiary/aromatic N) is 13. The van der Waals surface area contributed by atoms with Gasteiger partial charge in [-0.3, -0.25) is 14.4 Å². The molecule has 0 bridgehead atoms. The number of piperazine rings is 2. The molecule has 25 nitrogen and oxygen atoms in total. The number of rotatable bonds is 27. The first-order chi connectivity index (χ1) is 31.8. The fourth-order valence-electron chi connectivity index (χ4n) is 7.39. The number of hydrogen-bond donors (Lipinski definition) is 6. The lowest BCUT2D eigenvalue weighted by Gasteiger charge is -2.38. The Bertz CT molecular complexity index is 2010. The number of carbonyl (C=O) groups is 3. The van der Waals surface area contributed by atoms with Gasteiger partial charge in [0.25, 0.3) is 0 Å². The van der Waals surface area contributed by atoms with E-state index in [2.05, 4.69) is 31.9 Å². The molecule has 2 saturated heterocycles. The number of terminal acetylenes is 1. The molecule has 25 heteroatoms. The van der Waals surface area contributed by atoms with E-state index in [0.29, 0.717) is 134 Å². The van der Waals surface area contributed by atoms with E-state index in [-0.39, 0.29) is 36.8 Å². The van der Waals surface area contributed by atoms with Crippen molar-refractivity contribution in [2.45, 2.75) is 76.7 Å². The smallest absolute Gasteiger partial charge is 0.250 e. The van der Waals surface area contributed by atoms with Crippen LogP contribution in [0.5, 0.6) is 0 Å². The molecule has 364 valence electrons. The number of anilines is 3. The lowest BCUT2D eigenvalue weighted by Crippen LogP contribution is -2.53. The number of aliphatic hydroxyl groups is 1. The normalized spacial score (nSPS) is 16.8.